The fourth-order valence-corrected chi connectivity index (χ4v) is 3.73. The van der Waals surface area contributed by atoms with Gasteiger partial charge in [0, 0.05) is 53.0 Å². The molecular weight excluding hydrogens is 469 g/mol. The number of rotatable bonds is 8. The minimum absolute atomic E-state index is 0. The van der Waals surface area contributed by atoms with Gasteiger partial charge in [-0.2, -0.15) is 0 Å². The number of halogens is 1. The molecule has 0 unspecified atom stereocenters. The predicted molar refractivity (Wildman–Crippen MR) is 124 cm³/mol. The van der Waals surface area contributed by atoms with Gasteiger partial charge < -0.3 is 20.1 Å². The average molecular weight is 503 g/mol. The third kappa shape index (κ3) is 6.79. The molecule has 1 amide bonds. The number of amides is 1. The minimum atomic E-state index is -0.310. The molecule has 158 valence electrons. The summed E-state index contributed by atoms with van der Waals surface area (Å²) >= 11 is 0. The molecule has 1 aromatic rings. The van der Waals surface area contributed by atoms with Gasteiger partial charge in [-0.25, -0.2) is 0 Å². The van der Waals surface area contributed by atoms with Gasteiger partial charge in [-0.1, -0.05) is 18.9 Å². The van der Waals surface area contributed by atoms with E-state index in [9.17, 15) is 9.59 Å². The molecule has 0 atom stereocenters. The number of pyridine rings is 1. The highest BCUT2D eigenvalue weighted by Crippen LogP contribution is 2.38. The van der Waals surface area contributed by atoms with E-state index in [1.54, 1.807) is 28.6 Å². The van der Waals surface area contributed by atoms with Gasteiger partial charge >= 0.3 is 0 Å². The largest absolute Gasteiger partial charge is 0.356 e. The molecule has 0 aromatic carbocycles. The number of aliphatic imine (C=N–C) groups is 1. The molecule has 0 saturated heterocycles. The molecular formula is C20H34IN5O2. The van der Waals surface area contributed by atoms with Crippen LogP contribution >= 0.6 is 24.0 Å². The Balaban J connectivity index is 0.00000392. The third-order valence-corrected chi connectivity index (χ3v) is 5.26. The molecule has 0 spiro atoms. The lowest BCUT2D eigenvalue weighted by Crippen LogP contribution is -2.49. The summed E-state index contributed by atoms with van der Waals surface area (Å²) in [5, 5.41) is 6.65. The fourth-order valence-electron chi connectivity index (χ4n) is 3.73. The Morgan fingerprint density at radius 3 is 2.54 bits per heavy atom. The second kappa shape index (κ2) is 12.1. The Morgan fingerprint density at radius 2 is 1.93 bits per heavy atom. The first-order chi connectivity index (χ1) is 13.0. The first kappa shape index (κ1) is 24.5. The standard InChI is InChI=1S/C20H33N5O2.HI/c1-21-19(22-13-7-9-15-25-14-8-4-10-17(25)26)23-16-20(11-5-6-12-20)18(27)24(2)3;/h4,8,10,14H,5-7,9,11-13,15-16H2,1-3H3,(H2,21,22,23);1H. The molecule has 1 aliphatic rings. The zero-order chi connectivity index (χ0) is 19.7. The number of nitrogens with one attached hydrogen (secondary N) is 2. The fraction of sp³-hybridized carbons (Fsp3) is 0.650. The molecule has 2 rings (SSSR count). The van der Waals surface area contributed by atoms with Crippen LogP contribution in [0.15, 0.2) is 34.2 Å². The van der Waals surface area contributed by atoms with Crippen LogP contribution in [0.5, 0.6) is 0 Å². The molecule has 1 fully saturated rings. The van der Waals surface area contributed by atoms with Crippen molar-refractivity contribution in [2.24, 2.45) is 10.4 Å². The number of hydrogen-bond acceptors (Lipinski definition) is 3. The number of carbonyl (C=O) groups is 1. The van der Waals surface area contributed by atoms with Gasteiger partial charge in [0.05, 0.1) is 5.41 Å². The molecule has 1 heterocycles. The summed E-state index contributed by atoms with van der Waals surface area (Å²) in [6.07, 6.45) is 7.73. The Morgan fingerprint density at radius 1 is 1.21 bits per heavy atom. The van der Waals surface area contributed by atoms with Crippen molar-refractivity contribution in [1.82, 2.24) is 20.1 Å². The highest BCUT2D eigenvalue weighted by atomic mass is 127. The first-order valence-electron chi connectivity index (χ1n) is 9.80. The van der Waals surface area contributed by atoms with Crippen molar-refractivity contribution in [3.63, 3.8) is 0 Å². The topological polar surface area (TPSA) is 78.7 Å². The van der Waals surface area contributed by atoms with E-state index in [0.717, 1.165) is 51.0 Å². The van der Waals surface area contributed by atoms with E-state index in [2.05, 4.69) is 15.6 Å². The van der Waals surface area contributed by atoms with Gasteiger partial charge in [0.25, 0.3) is 0 Å². The van der Waals surface area contributed by atoms with E-state index < -0.39 is 0 Å². The molecule has 0 radical (unpaired) electrons. The molecule has 0 bridgehead atoms. The zero-order valence-corrected chi connectivity index (χ0v) is 19.6. The minimum Gasteiger partial charge on any atom is -0.356 e. The molecule has 1 aromatic heterocycles. The van der Waals surface area contributed by atoms with Crippen LogP contribution in [-0.4, -0.2) is 55.6 Å². The molecule has 0 aliphatic heterocycles. The summed E-state index contributed by atoms with van der Waals surface area (Å²) in [5.74, 6) is 0.931. The number of aromatic nitrogens is 1. The van der Waals surface area contributed by atoms with Crippen LogP contribution in [0.1, 0.15) is 38.5 Å². The summed E-state index contributed by atoms with van der Waals surface area (Å²) in [4.78, 5) is 30.3. The summed E-state index contributed by atoms with van der Waals surface area (Å²) in [5.41, 5.74) is -0.273. The lowest BCUT2D eigenvalue weighted by atomic mass is 9.84. The molecule has 7 nitrogen and oxygen atoms in total. The number of unbranched alkanes of at least 4 members (excludes halogenated alkanes) is 1. The van der Waals surface area contributed by atoms with Gasteiger partial charge in [-0.05, 0) is 31.7 Å². The highest BCUT2D eigenvalue weighted by Gasteiger charge is 2.42. The lowest BCUT2D eigenvalue weighted by molar-refractivity contribution is -0.138. The van der Waals surface area contributed by atoms with Gasteiger partial charge in [-0.15, -0.1) is 24.0 Å². The normalized spacial score (nSPS) is 15.6. The molecule has 1 saturated carbocycles. The predicted octanol–water partition coefficient (Wildman–Crippen LogP) is 2.06. The van der Waals surface area contributed by atoms with Crippen molar-refractivity contribution in [3.05, 3.63) is 34.7 Å². The Labute approximate surface area is 185 Å². The first-order valence-corrected chi connectivity index (χ1v) is 9.80. The maximum Gasteiger partial charge on any atom is 0.250 e. The smallest absolute Gasteiger partial charge is 0.250 e. The van der Waals surface area contributed by atoms with E-state index in [1.807, 2.05) is 26.4 Å². The van der Waals surface area contributed by atoms with Crippen LogP contribution in [-0.2, 0) is 11.3 Å². The number of aryl methyl sites for hydroxylation is 1. The zero-order valence-electron chi connectivity index (χ0n) is 17.2. The molecule has 28 heavy (non-hydrogen) atoms. The number of carbonyl (C=O) groups excluding carboxylic acids is 1. The van der Waals surface area contributed by atoms with E-state index >= 15 is 0 Å². The van der Waals surface area contributed by atoms with E-state index in [1.165, 1.54) is 0 Å². The van der Waals surface area contributed by atoms with Crippen LogP contribution in [0.3, 0.4) is 0 Å². The van der Waals surface area contributed by atoms with Gasteiger partial charge in [0.15, 0.2) is 5.96 Å². The van der Waals surface area contributed by atoms with Crippen LogP contribution in [0, 0.1) is 5.41 Å². The maximum atomic E-state index is 12.6. The van der Waals surface area contributed by atoms with Crippen molar-refractivity contribution in [2.45, 2.75) is 45.1 Å². The van der Waals surface area contributed by atoms with E-state index in [0.29, 0.717) is 13.1 Å². The quantitative estimate of drug-likeness (QED) is 0.247. The number of nitrogens with zero attached hydrogens (tertiary/aromatic N) is 3. The summed E-state index contributed by atoms with van der Waals surface area (Å²) in [6, 6.07) is 5.21. The van der Waals surface area contributed by atoms with Gasteiger partial charge in [0.2, 0.25) is 11.5 Å². The van der Waals surface area contributed by atoms with Gasteiger partial charge in [-0.3, -0.25) is 14.6 Å². The second-order valence-corrected chi connectivity index (χ2v) is 7.48. The second-order valence-electron chi connectivity index (χ2n) is 7.48. The Kier molecular flexibility index (Phi) is 10.6. The Bertz CT molecular complexity index is 696. The van der Waals surface area contributed by atoms with Crippen molar-refractivity contribution in [1.29, 1.82) is 0 Å². The third-order valence-electron chi connectivity index (χ3n) is 5.26. The van der Waals surface area contributed by atoms with Crippen LogP contribution in [0.4, 0.5) is 0 Å². The lowest BCUT2D eigenvalue weighted by Gasteiger charge is -2.31. The van der Waals surface area contributed by atoms with E-state index in [-0.39, 0.29) is 40.9 Å². The van der Waals surface area contributed by atoms with Gasteiger partial charge in [0.1, 0.15) is 0 Å². The molecule has 2 N–H and O–H groups in total. The summed E-state index contributed by atoms with van der Waals surface area (Å²) < 4.78 is 1.73. The number of guanidine groups is 1. The average Bonchev–Trinajstić information content (AvgIpc) is 3.14. The van der Waals surface area contributed by atoms with Crippen molar-refractivity contribution >= 4 is 35.8 Å². The van der Waals surface area contributed by atoms with Crippen molar-refractivity contribution in [2.75, 3.05) is 34.2 Å². The number of hydrogen-bond donors (Lipinski definition) is 2. The van der Waals surface area contributed by atoms with E-state index in [4.69, 9.17) is 0 Å². The SMILES string of the molecule is CN=C(NCCCCn1ccccc1=O)NCC1(C(=O)N(C)C)CCCC1.I. The highest BCUT2D eigenvalue weighted by molar-refractivity contribution is 14.0. The summed E-state index contributed by atoms with van der Waals surface area (Å²) in [6.45, 7) is 2.10. The summed E-state index contributed by atoms with van der Waals surface area (Å²) in [7, 11) is 5.40. The van der Waals surface area contributed by atoms with Crippen LogP contribution < -0.4 is 16.2 Å². The molecule has 8 heteroatoms. The maximum absolute atomic E-state index is 12.6. The van der Waals surface area contributed by atoms with Crippen molar-refractivity contribution in [3.8, 4) is 0 Å². The molecule has 1 aliphatic carbocycles. The van der Waals surface area contributed by atoms with Crippen LogP contribution in [0.25, 0.3) is 0 Å². The van der Waals surface area contributed by atoms with Crippen molar-refractivity contribution < 1.29 is 4.79 Å². The Hall–Kier alpha value is -1.58. The monoisotopic (exact) mass is 503 g/mol. The van der Waals surface area contributed by atoms with Crippen LogP contribution in [0.2, 0.25) is 0 Å².